The molecule has 3 aromatic rings. The summed E-state index contributed by atoms with van der Waals surface area (Å²) in [6.07, 6.45) is 0.565. The van der Waals surface area contributed by atoms with Crippen LogP contribution in [-0.4, -0.2) is 57.1 Å². The van der Waals surface area contributed by atoms with Crippen molar-refractivity contribution in [1.29, 1.82) is 0 Å². The minimum Gasteiger partial charge on any atom is -0.364 e. The Morgan fingerprint density at radius 3 is 2.45 bits per heavy atom. The molecule has 0 bridgehead atoms. The first-order valence-corrected chi connectivity index (χ1v) is 10.9. The highest BCUT2D eigenvalue weighted by atomic mass is 32.1. The zero-order valence-electron chi connectivity index (χ0n) is 17.5. The maximum absolute atomic E-state index is 11.9. The first-order valence-electron chi connectivity index (χ1n) is 10.1. The molecule has 1 N–H and O–H groups in total. The van der Waals surface area contributed by atoms with Crippen molar-refractivity contribution < 1.29 is 4.79 Å². The molecule has 1 amide bonds. The summed E-state index contributed by atoms with van der Waals surface area (Å²) in [6.45, 7) is 11.4. The lowest BCUT2D eigenvalue weighted by Crippen LogP contribution is -2.48. The SMILES string of the molecule is CCC(=O)N1CCN(c2nn3c(NC(C)(C)C)c(-c4ccccc4)nc3s2)CC1. The standard InChI is InChI=1S/C21H28N6OS/c1-5-16(28)25-11-13-26(14-12-25)20-24-27-18(23-21(2,3)4)17(22-19(27)29-20)15-9-7-6-8-10-15/h6-10,23H,5,11-14H2,1-4H3. The van der Waals surface area contributed by atoms with Crippen molar-refractivity contribution in [3.8, 4) is 11.3 Å². The van der Waals surface area contributed by atoms with Crippen LogP contribution >= 0.6 is 11.3 Å². The van der Waals surface area contributed by atoms with Gasteiger partial charge in [-0.15, -0.1) is 5.10 Å². The Kier molecular flexibility index (Phi) is 5.21. The van der Waals surface area contributed by atoms with Gasteiger partial charge in [-0.1, -0.05) is 48.6 Å². The van der Waals surface area contributed by atoms with Crippen molar-refractivity contribution in [3.63, 3.8) is 0 Å². The molecule has 1 aromatic carbocycles. The monoisotopic (exact) mass is 412 g/mol. The molecular weight excluding hydrogens is 384 g/mol. The molecule has 7 nitrogen and oxygen atoms in total. The van der Waals surface area contributed by atoms with Crippen LogP contribution in [0.1, 0.15) is 34.1 Å². The number of hydrogen-bond donors (Lipinski definition) is 1. The van der Waals surface area contributed by atoms with E-state index >= 15 is 0 Å². The summed E-state index contributed by atoms with van der Waals surface area (Å²) in [4.78, 5) is 21.9. The van der Waals surface area contributed by atoms with Gasteiger partial charge in [-0.05, 0) is 20.8 Å². The molecule has 0 radical (unpaired) electrons. The smallest absolute Gasteiger partial charge is 0.222 e. The minimum absolute atomic E-state index is 0.116. The predicted octanol–water partition coefficient (Wildman–Crippen LogP) is 3.73. The van der Waals surface area contributed by atoms with E-state index in [9.17, 15) is 4.79 Å². The second kappa shape index (κ2) is 7.67. The first kappa shape index (κ1) is 19.7. The summed E-state index contributed by atoms with van der Waals surface area (Å²) in [5.41, 5.74) is 1.88. The number of nitrogens with one attached hydrogen (secondary N) is 1. The van der Waals surface area contributed by atoms with E-state index in [0.29, 0.717) is 6.42 Å². The Morgan fingerprint density at radius 1 is 1.14 bits per heavy atom. The third-order valence-corrected chi connectivity index (χ3v) is 5.91. The van der Waals surface area contributed by atoms with Crippen LogP contribution in [0, 0.1) is 0 Å². The Morgan fingerprint density at radius 2 is 1.83 bits per heavy atom. The Balaban J connectivity index is 1.65. The van der Waals surface area contributed by atoms with Gasteiger partial charge in [0.05, 0.1) is 0 Å². The van der Waals surface area contributed by atoms with Gasteiger partial charge in [0, 0.05) is 43.7 Å². The fourth-order valence-corrected chi connectivity index (χ4v) is 4.45. The second-order valence-corrected chi connectivity index (χ2v) is 9.28. The predicted molar refractivity (Wildman–Crippen MR) is 119 cm³/mol. The van der Waals surface area contributed by atoms with E-state index in [1.165, 1.54) is 0 Å². The van der Waals surface area contributed by atoms with Gasteiger partial charge in [0.2, 0.25) is 16.0 Å². The van der Waals surface area contributed by atoms with Crippen LogP contribution in [0.15, 0.2) is 30.3 Å². The van der Waals surface area contributed by atoms with Crippen LogP contribution in [0.25, 0.3) is 16.2 Å². The van der Waals surface area contributed by atoms with Gasteiger partial charge in [-0.2, -0.15) is 4.52 Å². The van der Waals surface area contributed by atoms with Gasteiger partial charge < -0.3 is 15.1 Å². The molecule has 1 aliphatic heterocycles. The third kappa shape index (κ3) is 4.07. The zero-order chi connectivity index (χ0) is 20.6. The number of carbonyl (C=O) groups is 1. The maximum atomic E-state index is 11.9. The summed E-state index contributed by atoms with van der Waals surface area (Å²) in [7, 11) is 0. The highest BCUT2D eigenvalue weighted by Gasteiger charge is 2.26. The number of aromatic nitrogens is 3. The summed E-state index contributed by atoms with van der Waals surface area (Å²) in [6, 6.07) is 10.2. The summed E-state index contributed by atoms with van der Waals surface area (Å²) in [5.74, 6) is 1.14. The average molecular weight is 413 g/mol. The lowest BCUT2D eigenvalue weighted by atomic mass is 10.1. The first-order chi connectivity index (χ1) is 13.9. The quantitative estimate of drug-likeness (QED) is 0.707. The largest absolute Gasteiger partial charge is 0.364 e. The molecule has 0 atom stereocenters. The van der Waals surface area contributed by atoms with E-state index in [1.54, 1.807) is 11.3 Å². The number of imidazole rings is 1. The van der Waals surface area contributed by atoms with Crippen LogP contribution in [0.2, 0.25) is 0 Å². The maximum Gasteiger partial charge on any atom is 0.222 e. The molecule has 4 rings (SSSR count). The van der Waals surface area contributed by atoms with Gasteiger partial charge in [0.15, 0.2) is 5.82 Å². The van der Waals surface area contributed by atoms with Crippen molar-refractivity contribution in [2.24, 2.45) is 0 Å². The Labute approximate surface area is 175 Å². The van der Waals surface area contributed by atoms with Gasteiger partial charge >= 0.3 is 0 Å². The van der Waals surface area contributed by atoms with Crippen molar-refractivity contribution in [2.45, 2.75) is 39.7 Å². The number of anilines is 2. The Hall–Kier alpha value is -2.61. The number of fused-ring (bicyclic) bond motifs is 1. The number of carbonyl (C=O) groups excluding carboxylic acids is 1. The molecule has 0 aliphatic carbocycles. The molecule has 1 aliphatic rings. The molecule has 0 unspecified atom stereocenters. The van der Waals surface area contributed by atoms with E-state index in [1.807, 2.05) is 34.5 Å². The molecule has 8 heteroatoms. The van der Waals surface area contributed by atoms with E-state index in [0.717, 1.165) is 53.3 Å². The van der Waals surface area contributed by atoms with E-state index in [2.05, 4.69) is 43.1 Å². The average Bonchev–Trinajstić information content (AvgIpc) is 3.26. The molecule has 154 valence electrons. The summed E-state index contributed by atoms with van der Waals surface area (Å²) in [5, 5.41) is 9.43. The van der Waals surface area contributed by atoms with Crippen LogP contribution in [0.5, 0.6) is 0 Å². The number of nitrogens with zero attached hydrogens (tertiary/aromatic N) is 5. The van der Waals surface area contributed by atoms with Gasteiger partial charge in [-0.25, -0.2) is 4.98 Å². The molecule has 3 heterocycles. The summed E-state index contributed by atoms with van der Waals surface area (Å²) >= 11 is 1.60. The Bertz CT molecular complexity index is 996. The summed E-state index contributed by atoms with van der Waals surface area (Å²) < 4.78 is 1.93. The second-order valence-electron chi connectivity index (χ2n) is 8.35. The van der Waals surface area contributed by atoms with Crippen molar-refractivity contribution >= 4 is 33.2 Å². The number of piperazine rings is 1. The van der Waals surface area contributed by atoms with Crippen LogP contribution in [0.4, 0.5) is 10.9 Å². The van der Waals surface area contributed by atoms with E-state index < -0.39 is 0 Å². The normalized spacial score (nSPS) is 15.2. The van der Waals surface area contributed by atoms with Crippen LogP contribution < -0.4 is 10.2 Å². The third-order valence-electron chi connectivity index (χ3n) is 4.94. The van der Waals surface area contributed by atoms with Crippen molar-refractivity contribution in [1.82, 2.24) is 19.5 Å². The fraction of sp³-hybridized carbons (Fsp3) is 0.476. The topological polar surface area (TPSA) is 65.8 Å². The lowest BCUT2D eigenvalue weighted by Gasteiger charge is -2.34. The van der Waals surface area contributed by atoms with E-state index in [4.69, 9.17) is 10.1 Å². The van der Waals surface area contributed by atoms with Gasteiger partial charge in [0.25, 0.3) is 0 Å². The highest BCUT2D eigenvalue weighted by Crippen LogP contribution is 2.34. The molecular formula is C21H28N6OS. The fourth-order valence-electron chi connectivity index (χ4n) is 3.50. The molecule has 0 saturated carbocycles. The number of hydrogen-bond acceptors (Lipinski definition) is 6. The van der Waals surface area contributed by atoms with Gasteiger partial charge in [0.1, 0.15) is 5.69 Å². The minimum atomic E-state index is -0.116. The molecule has 2 aromatic heterocycles. The van der Waals surface area contributed by atoms with Crippen molar-refractivity contribution in [3.05, 3.63) is 30.3 Å². The number of amides is 1. The zero-order valence-corrected chi connectivity index (χ0v) is 18.3. The number of rotatable bonds is 4. The number of benzene rings is 1. The van der Waals surface area contributed by atoms with Crippen LogP contribution in [0.3, 0.4) is 0 Å². The van der Waals surface area contributed by atoms with Gasteiger partial charge in [-0.3, -0.25) is 4.79 Å². The van der Waals surface area contributed by atoms with E-state index in [-0.39, 0.29) is 11.4 Å². The highest BCUT2D eigenvalue weighted by molar-refractivity contribution is 7.20. The van der Waals surface area contributed by atoms with Crippen molar-refractivity contribution in [2.75, 3.05) is 36.4 Å². The molecule has 1 saturated heterocycles. The molecule has 29 heavy (non-hydrogen) atoms. The molecule has 1 fully saturated rings. The molecule has 0 spiro atoms. The lowest BCUT2D eigenvalue weighted by molar-refractivity contribution is -0.131. The van der Waals surface area contributed by atoms with Crippen LogP contribution in [-0.2, 0) is 4.79 Å².